The van der Waals surface area contributed by atoms with Crippen LogP contribution in [0, 0.1) is 6.54 Å². The van der Waals surface area contributed by atoms with Gasteiger partial charge in [0.1, 0.15) is 0 Å². The number of rotatable bonds is 5. The van der Waals surface area contributed by atoms with E-state index in [0.29, 0.717) is 0 Å². The highest BCUT2D eigenvalue weighted by Gasteiger charge is 1.90. The molecule has 0 atom stereocenters. The van der Waals surface area contributed by atoms with Crippen LogP contribution in [0.5, 0.6) is 0 Å². The molecule has 0 aromatic carbocycles. The molecule has 0 aliphatic carbocycles. The fraction of sp³-hybridized carbons (Fsp3) is 0.714. The van der Waals surface area contributed by atoms with Gasteiger partial charge in [-0.1, -0.05) is 0 Å². The number of amides is 1. The molecule has 3 nitrogen and oxygen atoms in total. The number of carbonyl (C=O) groups excluding carboxylic acids is 1. The van der Waals surface area contributed by atoms with E-state index in [1.54, 1.807) is 6.54 Å². The summed E-state index contributed by atoms with van der Waals surface area (Å²) in [7, 11) is 0. The lowest BCUT2D eigenvalue weighted by atomic mass is 10.2. The van der Waals surface area contributed by atoms with Gasteiger partial charge >= 0.3 is 0 Å². The highest BCUT2D eigenvalue weighted by molar-refractivity contribution is 5.73. The van der Waals surface area contributed by atoms with E-state index >= 15 is 0 Å². The van der Waals surface area contributed by atoms with E-state index in [0.717, 1.165) is 19.3 Å². The van der Waals surface area contributed by atoms with Crippen LogP contribution in [-0.4, -0.2) is 17.6 Å². The lowest BCUT2D eigenvalue weighted by Gasteiger charge is -1.98. The van der Waals surface area contributed by atoms with Gasteiger partial charge < -0.3 is 10.4 Å². The Balaban J connectivity index is 2.84. The summed E-state index contributed by atoms with van der Waals surface area (Å²) in [4.78, 5) is 10.3. The van der Waals surface area contributed by atoms with Crippen molar-refractivity contribution in [2.24, 2.45) is 0 Å². The molecule has 0 aromatic heterocycles. The second kappa shape index (κ2) is 6.55. The first-order chi connectivity index (χ1) is 4.77. The van der Waals surface area contributed by atoms with Crippen molar-refractivity contribution < 1.29 is 9.90 Å². The first-order valence-electron chi connectivity index (χ1n) is 3.47. The number of hydrogen-bond donors (Lipinski definition) is 2. The molecule has 1 radical (unpaired) electrons. The van der Waals surface area contributed by atoms with Gasteiger partial charge in [0, 0.05) is 20.1 Å². The topological polar surface area (TPSA) is 49.3 Å². The van der Waals surface area contributed by atoms with Crippen LogP contribution in [0.3, 0.4) is 0 Å². The molecule has 59 valence electrons. The summed E-state index contributed by atoms with van der Waals surface area (Å²) in [5, 5.41) is 10.9. The third-order valence-electron chi connectivity index (χ3n) is 1.06. The molecule has 0 aliphatic heterocycles. The smallest absolute Gasteiger partial charge is 0.217 e. The third kappa shape index (κ3) is 7.43. The number of hydrogen-bond acceptors (Lipinski definition) is 2. The molecule has 2 N–H and O–H groups in total. The number of aliphatic hydroxyl groups is 1. The van der Waals surface area contributed by atoms with Crippen LogP contribution in [0.1, 0.15) is 26.2 Å². The molecule has 0 rings (SSSR count). The van der Waals surface area contributed by atoms with Crippen molar-refractivity contribution in [3.63, 3.8) is 0 Å². The van der Waals surface area contributed by atoms with Crippen LogP contribution in [0.2, 0.25) is 0 Å². The minimum atomic E-state index is -0.0380. The molecule has 0 spiro atoms. The summed E-state index contributed by atoms with van der Waals surface area (Å²) < 4.78 is 0. The first kappa shape index (κ1) is 9.43. The number of carbonyl (C=O) groups is 1. The Hall–Kier alpha value is -0.570. The molecule has 0 aromatic rings. The standard InChI is InChI=1S/C7H14NO2/c1-7(10)8-5-3-2-4-6-9/h5,9H,2-4,6H2,1H3,(H,8,10). The predicted octanol–water partition coefficient (Wildman–Crippen LogP) is 0.447. The maximum absolute atomic E-state index is 10.3. The predicted molar refractivity (Wildman–Crippen MR) is 39.1 cm³/mol. The average Bonchev–Trinajstić information content (AvgIpc) is 1.87. The largest absolute Gasteiger partial charge is 0.396 e. The molecule has 0 saturated carbocycles. The molecule has 0 saturated heterocycles. The van der Waals surface area contributed by atoms with Crippen molar-refractivity contribution in [3.05, 3.63) is 6.54 Å². The minimum absolute atomic E-state index is 0.0380. The summed E-state index contributed by atoms with van der Waals surface area (Å²) in [5.41, 5.74) is 0. The lowest BCUT2D eigenvalue weighted by molar-refractivity contribution is -0.118. The zero-order valence-corrected chi connectivity index (χ0v) is 6.26. The average molecular weight is 144 g/mol. The van der Waals surface area contributed by atoms with E-state index in [9.17, 15) is 4.79 Å². The van der Waals surface area contributed by atoms with Crippen molar-refractivity contribution in [2.45, 2.75) is 26.2 Å². The second-order valence-electron chi connectivity index (χ2n) is 2.12. The van der Waals surface area contributed by atoms with Gasteiger partial charge in [-0.25, -0.2) is 0 Å². The zero-order chi connectivity index (χ0) is 7.82. The number of nitrogens with one attached hydrogen (secondary N) is 1. The quantitative estimate of drug-likeness (QED) is 0.550. The van der Waals surface area contributed by atoms with Crippen LogP contribution in [0.4, 0.5) is 0 Å². The molecular formula is C7H14NO2. The molecule has 0 unspecified atom stereocenters. The minimum Gasteiger partial charge on any atom is -0.396 e. The van der Waals surface area contributed by atoms with Gasteiger partial charge in [-0.05, 0) is 19.3 Å². The van der Waals surface area contributed by atoms with Crippen LogP contribution in [0.25, 0.3) is 0 Å². The van der Waals surface area contributed by atoms with E-state index < -0.39 is 0 Å². The van der Waals surface area contributed by atoms with Crippen molar-refractivity contribution in [1.82, 2.24) is 5.32 Å². The zero-order valence-electron chi connectivity index (χ0n) is 6.26. The molecule has 0 bridgehead atoms. The van der Waals surface area contributed by atoms with Gasteiger partial charge in [-0.15, -0.1) is 0 Å². The van der Waals surface area contributed by atoms with Crippen LogP contribution in [-0.2, 0) is 4.79 Å². The second-order valence-corrected chi connectivity index (χ2v) is 2.12. The van der Waals surface area contributed by atoms with Gasteiger partial charge in [0.25, 0.3) is 0 Å². The van der Waals surface area contributed by atoms with Crippen LogP contribution in [0.15, 0.2) is 0 Å². The highest BCUT2D eigenvalue weighted by Crippen LogP contribution is 1.94. The normalized spacial score (nSPS) is 9.40. The Morgan fingerprint density at radius 1 is 1.60 bits per heavy atom. The van der Waals surface area contributed by atoms with Gasteiger partial charge in [-0.2, -0.15) is 0 Å². The summed E-state index contributed by atoms with van der Waals surface area (Å²) in [6, 6.07) is 0. The first-order valence-corrected chi connectivity index (χ1v) is 3.47. The van der Waals surface area contributed by atoms with Crippen molar-refractivity contribution in [2.75, 3.05) is 6.61 Å². The Labute approximate surface area is 61.4 Å². The highest BCUT2D eigenvalue weighted by atomic mass is 16.2. The summed E-state index contributed by atoms with van der Waals surface area (Å²) >= 11 is 0. The van der Waals surface area contributed by atoms with Crippen molar-refractivity contribution in [3.8, 4) is 0 Å². The molecule has 0 aliphatic rings. The van der Waals surface area contributed by atoms with Gasteiger partial charge in [0.05, 0.1) is 0 Å². The Morgan fingerprint density at radius 2 is 2.30 bits per heavy atom. The maximum atomic E-state index is 10.3. The summed E-state index contributed by atoms with van der Waals surface area (Å²) in [6.07, 6.45) is 2.56. The molecular weight excluding hydrogens is 130 g/mol. The fourth-order valence-corrected chi connectivity index (χ4v) is 0.574. The molecule has 10 heavy (non-hydrogen) atoms. The van der Waals surface area contributed by atoms with E-state index in [1.165, 1.54) is 6.92 Å². The van der Waals surface area contributed by atoms with Crippen LogP contribution < -0.4 is 5.32 Å². The monoisotopic (exact) mass is 144 g/mol. The number of aliphatic hydroxyl groups excluding tert-OH is 1. The molecule has 0 fully saturated rings. The van der Waals surface area contributed by atoms with Gasteiger partial charge in [0.15, 0.2) is 0 Å². The van der Waals surface area contributed by atoms with E-state index in [1.807, 2.05) is 0 Å². The fourth-order valence-electron chi connectivity index (χ4n) is 0.574. The SMILES string of the molecule is CC(=O)N[CH]CCCCO. The summed E-state index contributed by atoms with van der Waals surface area (Å²) in [5.74, 6) is -0.0380. The van der Waals surface area contributed by atoms with Crippen molar-refractivity contribution >= 4 is 5.91 Å². The third-order valence-corrected chi connectivity index (χ3v) is 1.06. The van der Waals surface area contributed by atoms with E-state index in [2.05, 4.69) is 5.32 Å². The Kier molecular flexibility index (Phi) is 6.18. The van der Waals surface area contributed by atoms with Crippen molar-refractivity contribution in [1.29, 1.82) is 0 Å². The van der Waals surface area contributed by atoms with E-state index in [4.69, 9.17) is 5.11 Å². The molecule has 1 amide bonds. The lowest BCUT2D eigenvalue weighted by Crippen LogP contribution is -2.15. The molecule has 0 heterocycles. The maximum Gasteiger partial charge on any atom is 0.217 e. The van der Waals surface area contributed by atoms with Gasteiger partial charge in [-0.3, -0.25) is 4.79 Å². The number of unbranched alkanes of at least 4 members (excludes halogenated alkanes) is 2. The Morgan fingerprint density at radius 3 is 2.80 bits per heavy atom. The Bertz CT molecular complexity index is 93.6. The van der Waals surface area contributed by atoms with Crippen LogP contribution >= 0.6 is 0 Å². The summed E-state index contributed by atoms with van der Waals surface area (Å²) in [6.45, 7) is 3.43. The van der Waals surface area contributed by atoms with Gasteiger partial charge in [0.2, 0.25) is 5.91 Å². The molecule has 3 heteroatoms. The van der Waals surface area contributed by atoms with E-state index in [-0.39, 0.29) is 12.5 Å².